The minimum Gasteiger partial charge on any atom is -0.480 e. The van der Waals surface area contributed by atoms with Crippen LogP contribution in [0, 0.1) is 0 Å². The lowest BCUT2D eigenvalue weighted by Crippen LogP contribution is -2.57. The number of nitrogens with two attached hydrogens (primary N) is 3. The molecule has 0 saturated heterocycles. The Morgan fingerprint density at radius 1 is 1.03 bits per heavy atom. The monoisotopic (exact) mass is 435 g/mol. The van der Waals surface area contributed by atoms with Crippen LogP contribution in [0.25, 0.3) is 0 Å². The number of aliphatic imine (C=N–C) groups is 1. The first kappa shape index (κ1) is 26.4. The Labute approximate surface area is 173 Å². The number of hydrogen-bond acceptors (Lipinski definition) is 8. The molecular formula is C15H29N7O6S. The summed E-state index contributed by atoms with van der Waals surface area (Å²) in [6.07, 6.45) is 0.733. The maximum absolute atomic E-state index is 12.3. The zero-order valence-electron chi connectivity index (χ0n) is 16.0. The van der Waals surface area contributed by atoms with Crippen molar-refractivity contribution in [2.24, 2.45) is 22.2 Å². The summed E-state index contributed by atoms with van der Waals surface area (Å²) in [6.45, 7) is 0.812. The Morgan fingerprint density at radius 3 is 2.10 bits per heavy atom. The number of aliphatic hydroxyl groups is 1. The Bertz CT molecular complexity index is 614. The highest BCUT2D eigenvalue weighted by Gasteiger charge is 2.27. The molecule has 13 nitrogen and oxygen atoms in total. The van der Waals surface area contributed by atoms with Crippen molar-refractivity contribution in [3.8, 4) is 0 Å². The molecule has 0 heterocycles. The molecule has 14 heteroatoms. The summed E-state index contributed by atoms with van der Waals surface area (Å²) < 4.78 is 0. The first-order valence-electron chi connectivity index (χ1n) is 8.70. The molecule has 0 rings (SSSR count). The van der Waals surface area contributed by atoms with Gasteiger partial charge in [-0.3, -0.25) is 19.4 Å². The van der Waals surface area contributed by atoms with E-state index in [0.29, 0.717) is 13.0 Å². The molecule has 0 aromatic carbocycles. The summed E-state index contributed by atoms with van der Waals surface area (Å²) in [6, 6.07) is -4.60. The van der Waals surface area contributed by atoms with Gasteiger partial charge in [-0.1, -0.05) is 0 Å². The lowest BCUT2D eigenvalue weighted by Gasteiger charge is -2.22. The third kappa shape index (κ3) is 10.5. The molecule has 0 aliphatic rings. The molecule has 166 valence electrons. The summed E-state index contributed by atoms with van der Waals surface area (Å²) in [5, 5.41) is 24.6. The van der Waals surface area contributed by atoms with Gasteiger partial charge in [0.2, 0.25) is 17.7 Å². The normalized spacial score (nSPS) is 14.6. The largest absolute Gasteiger partial charge is 0.480 e. The minimum absolute atomic E-state index is 0.0679. The van der Waals surface area contributed by atoms with Gasteiger partial charge in [0.25, 0.3) is 0 Å². The molecule has 0 fully saturated rings. The number of nitrogens with one attached hydrogen (secondary N) is 3. The van der Waals surface area contributed by atoms with E-state index in [1.165, 1.54) is 6.92 Å². The number of aliphatic hydroxyl groups excluding tert-OH is 1. The average molecular weight is 436 g/mol. The van der Waals surface area contributed by atoms with Gasteiger partial charge in [0.15, 0.2) is 5.96 Å². The first-order valence-corrected chi connectivity index (χ1v) is 9.33. The lowest BCUT2D eigenvalue weighted by atomic mass is 10.1. The van der Waals surface area contributed by atoms with Crippen molar-refractivity contribution < 1.29 is 29.4 Å². The van der Waals surface area contributed by atoms with Crippen LogP contribution in [0.2, 0.25) is 0 Å². The van der Waals surface area contributed by atoms with E-state index >= 15 is 0 Å². The number of guanidine groups is 1. The topological polar surface area (TPSA) is 235 Å². The Morgan fingerprint density at radius 2 is 1.62 bits per heavy atom. The predicted octanol–water partition coefficient (Wildman–Crippen LogP) is -4.15. The van der Waals surface area contributed by atoms with Gasteiger partial charge in [0.1, 0.15) is 18.1 Å². The smallest absolute Gasteiger partial charge is 0.328 e. The maximum Gasteiger partial charge on any atom is 0.328 e. The van der Waals surface area contributed by atoms with E-state index in [0.717, 1.165) is 0 Å². The molecule has 0 aliphatic carbocycles. The second kappa shape index (κ2) is 13.6. The fraction of sp³-hybridized carbons (Fsp3) is 0.667. The van der Waals surface area contributed by atoms with E-state index in [1.807, 2.05) is 0 Å². The molecule has 3 amide bonds. The van der Waals surface area contributed by atoms with E-state index in [2.05, 4.69) is 33.6 Å². The molecule has 0 aromatic rings. The summed E-state index contributed by atoms with van der Waals surface area (Å²) in [5.41, 5.74) is 16.1. The number of rotatable bonds is 13. The molecule has 0 radical (unpaired) electrons. The van der Waals surface area contributed by atoms with Crippen LogP contribution >= 0.6 is 12.6 Å². The van der Waals surface area contributed by atoms with Crippen LogP contribution in [0.3, 0.4) is 0 Å². The van der Waals surface area contributed by atoms with Gasteiger partial charge < -0.3 is 43.4 Å². The van der Waals surface area contributed by atoms with Crippen LogP contribution in [0.15, 0.2) is 4.99 Å². The van der Waals surface area contributed by atoms with E-state index in [1.54, 1.807) is 0 Å². The van der Waals surface area contributed by atoms with Crippen LogP contribution in [-0.2, 0) is 19.2 Å². The van der Waals surface area contributed by atoms with Crippen molar-refractivity contribution in [3.63, 3.8) is 0 Å². The molecule has 0 spiro atoms. The zero-order chi connectivity index (χ0) is 22.6. The van der Waals surface area contributed by atoms with Gasteiger partial charge in [-0.05, 0) is 19.8 Å². The molecule has 4 unspecified atom stereocenters. The number of nitrogens with zero attached hydrogens (tertiary/aromatic N) is 1. The lowest BCUT2D eigenvalue weighted by molar-refractivity contribution is -0.143. The second-order valence-corrected chi connectivity index (χ2v) is 6.48. The number of carboxylic acid groups (broad SMARTS) is 1. The van der Waals surface area contributed by atoms with Gasteiger partial charge in [-0.2, -0.15) is 12.6 Å². The zero-order valence-corrected chi connectivity index (χ0v) is 16.9. The summed E-state index contributed by atoms with van der Waals surface area (Å²) in [5.74, 6) is -3.68. The predicted molar refractivity (Wildman–Crippen MR) is 108 cm³/mol. The van der Waals surface area contributed by atoms with Gasteiger partial charge in [-0.25, -0.2) is 4.79 Å². The molecule has 0 saturated carbocycles. The van der Waals surface area contributed by atoms with Crippen molar-refractivity contribution in [2.75, 3.05) is 18.9 Å². The highest BCUT2D eigenvalue weighted by molar-refractivity contribution is 7.80. The third-order valence-electron chi connectivity index (χ3n) is 3.67. The first-order chi connectivity index (χ1) is 13.5. The average Bonchev–Trinajstić information content (AvgIpc) is 2.65. The van der Waals surface area contributed by atoms with Gasteiger partial charge in [0.05, 0.1) is 12.6 Å². The van der Waals surface area contributed by atoms with Crippen molar-refractivity contribution >= 4 is 42.3 Å². The Kier molecular flexibility index (Phi) is 12.4. The van der Waals surface area contributed by atoms with Crippen LogP contribution in [0.4, 0.5) is 0 Å². The van der Waals surface area contributed by atoms with Crippen molar-refractivity contribution in [3.05, 3.63) is 0 Å². The summed E-state index contributed by atoms with van der Waals surface area (Å²) in [7, 11) is 0. The number of aliphatic carboxylic acids is 1. The maximum atomic E-state index is 12.3. The van der Waals surface area contributed by atoms with Gasteiger partial charge in [-0.15, -0.1) is 0 Å². The molecule has 0 aromatic heterocycles. The van der Waals surface area contributed by atoms with E-state index in [-0.39, 0.29) is 18.1 Å². The highest BCUT2D eigenvalue weighted by atomic mass is 32.1. The quantitative estimate of drug-likeness (QED) is 0.0590. The molecule has 11 N–H and O–H groups in total. The number of amides is 3. The van der Waals surface area contributed by atoms with Crippen molar-refractivity contribution in [1.29, 1.82) is 0 Å². The molecule has 0 bridgehead atoms. The van der Waals surface area contributed by atoms with E-state index < -0.39 is 54.5 Å². The molecular weight excluding hydrogens is 406 g/mol. The van der Waals surface area contributed by atoms with Crippen molar-refractivity contribution in [1.82, 2.24) is 16.0 Å². The molecule has 29 heavy (non-hydrogen) atoms. The highest BCUT2D eigenvalue weighted by Crippen LogP contribution is 1.98. The number of hydrogen-bond donors (Lipinski definition) is 9. The minimum atomic E-state index is -1.50. The van der Waals surface area contributed by atoms with Crippen LogP contribution in [0.1, 0.15) is 19.8 Å². The van der Waals surface area contributed by atoms with Crippen LogP contribution in [0.5, 0.6) is 0 Å². The molecule has 0 aliphatic heterocycles. The summed E-state index contributed by atoms with van der Waals surface area (Å²) >= 11 is 4.00. The van der Waals surface area contributed by atoms with E-state index in [9.17, 15) is 19.2 Å². The summed E-state index contributed by atoms with van der Waals surface area (Å²) in [4.78, 5) is 50.9. The van der Waals surface area contributed by atoms with Gasteiger partial charge >= 0.3 is 5.97 Å². The van der Waals surface area contributed by atoms with Crippen molar-refractivity contribution in [2.45, 2.75) is 43.9 Å². The standard InChI is InChI=1S/C15H29N7O6S/c1-7(11(24)21-9(5-23)14(27)28)20-13(26)10(6-29)22-12(25)8(16)3-2-4-19-15(17)18/h7-10,23,29H,2-6,16H2,1H3,(H,20,26)(H,21,24)(H,22,25)(H,27,28)(H4,17,18,19). The van der Waals surface area contributed by atoms with Crippen LogP contribution < -0.4 is 33.2 Å². The number of carboxylic acids is 1. The van der Waals surface area contributed by atoms with Crippen LogP contribution in [-0.4, -0.2) is 82.9 Å². The number of thiol groups is 1. The fourth-order valence-corrected chi connectivity index (χ4v) is 2.24. The number of carbonyl (C=O) groups excluding carboxylic acids is 3. The van der Waals surface area contributed by atoms with Gasteiger partial charge in [0, 0.05) is 12.3 Å². The second-order valence-electron chi connectivity index (χ2n) is 6.11. The Hall–Kier alpha value is -2.58. The number of carbonyl (C=O) groups is 4. The SMILES string of the molecule is CC(NC(=O)C(CS)NC(=O)C(N)CCCN=C(N)N)C(=O)NC(CO)C(=O)O. The molecule has 4 atom stereocenters. The third-order valence-corrected chi connectivity index (χ3v) is 4.03. The Balaban J connectivity index is 4.63. The fourth-order valence-electron chi connectivity index (χ4n) is 1.99. The van der Waals surface area contributed by atoms with E-state index in [4.69, 9.17) is 27.4 Å².